The van der Waals surface area contributed by atoms with Crippen molar-refractivity contribution in [2.45, 2.75) is 31.8 Å². The summed E-state index contributed by atoms with van der Waals surface area (Å²) in [4.78, 5) is 0. The summed E-state index contributed by atoms with van der Waals surface area (Å²) < 4.78 is 30.2. The predicted molar refractivity (Wildman–Crippen MR) is 46.1 cm³/mol. The second kappa shape index (κ2) is 3.05. The van der Waals surface area contributed by atoms with Gasteiger partial charge in [0.15, 0.2) is 0 Å². The molecule has 2 rings (SSSR count). The van der Waals surface area contributed by atoms with E-state index >= 15 is 0 Å². The van der Waals surface area contributed by atoms with Gasteiger partial charge in [0.1, 0.15) is 17.6 Å². The van der Waals surface area contributed by atoms with Gasteiger partial charge in [-0.2, -0.15) is 0 Å². The van der Waals surface area contributed by atoms with Gasteiger partial charge < -0.3 is 9.52 Å². The molecule has 0 amide bonds. The lowest BCUT2D eigenvalue weighted by Crippen LogP contribution is -2.01. The maximum atomic E-state index is 12.5. The molecule has 4 heteroatoms. The minimum Gasteiger partial charge on any atom is -0.464 e. The van der Waals surface area contributed by atoms with Gasteiger partial charge >= 0.3 is 0 Å². The second-order valence-corrected chi connectivity index (χ2v) is 3.86. The van der Waals surface area contributed by atoms with Crippen LogP contribution in [0.3, 0.4) is 0 Å². The fourth-order valence-corrected chi connectivity index (χ4v) is 1.54. The fraction of sp³-hybridized carbons (Fsp3) is 0.600. The first-order chi connectivity index (χ1) is 6.49. The van der Waals surface area contributed by atoms with Crippen LogP contribution in [0.4, 0.5) is 8.78 Å². The smallest absolute Gasteiger partial charge is 0.251 e. The molecule has 0 saturated heterocycles. The van der Waals surface area contributed by atoms with Gasteiger partial charge in [0, 0.05) is 12.3 Å². The summed E-state index contributed by atoms with van der Waals surface area (Å²) in [5, 5.41) is 9.55. The van der Waals surface area contributed by atoms with E-state index in [9.17, 15) is 13.9 Å². The van der Waals surface area contributed by atoms with E-state index < -0.39 is 17.9 Å². The molecule has 0 radical (unpaired) electrons. The van der Waals surface area contributed by atoms with Crippen LogP contribution in [-0.2, 0) is 0 Å². The van der Waals surface area contributed by atoms with Crippen molar-refractivity contribution in [3.8, 4) is 0 Å². The van der Waals surface area contributed by atoms with E-state index in [0.29, 0.717) is 11.5 Å². The summed E-state index contributed by atoms with van der Waals surface area (Å²) in [5.41, 5.74) is 0. The molecular formula is C10H12F2O2. The standard InChI is InChI=1S/C10H12F2O2/c1-6-2-3-9(14-6)8(13)4-7-5-10(7,11)12/h2-3,7-8,13H,4-5H2,1H3. The third-order valence-electron chi connectivity index (χ3n) is 2.55. The Kier molecular flexibility index (Phi) is 2.10. The Morgan fingerprint density at radius 1 is 1.64 bits per heavy atom. The Morgan fingerprint density at radius 2 is 2.29 bits per heavy atom. The lowest BCUT2D eigenvalue weighted by molar-refractivity contribution is 0.0705. The highest BCUT2D eigenvalue weighted by Crippen LogP contribution is 2.52. The van der Waals surface area contributed by atoms with E-state index in [2.05, 4.69) is 0 Å². The molecule has 1 heterocycles. The van der Waals surface area contributed by atoms with Crippen molar-refractivity contribution >= 4 is 0 Å². The molecule has 1 aromatic rings. The first-order valence-electron chi connectivity index (χ1n) is 4.61. The Labute approximate surface area is 80.5 Å². The van der Waals surface area contributed by atoms with Crippen molar-refractivity contribution in [2.24, 2.45) is 5.92 Å². The average Bonchev–Trinajstić information content (AvgIpc) is 2.52. The summed E-state index contributed by atoms with van der Waals surface area (Å²) >= 11 is 0. The average molecular weight is 202 g/mol. The topological polar surface area (TPSA) is 33.4 Å². The van der Waals surface area contributed by atoms with Gasteiger partial charge in [0.25, 0.3) is 5.92 Å². The molecule has 2 unspecified atom stereocenters. The van der Waals surface area contributed by atoms with Crippen molar-refractivity contribution in [2.75, 3.05) is 0 Å². The minimum atomic E-state index is -2.57. The Bertz CT molecular complexity index is 333. The van der Waals surface area contributed by atoms with Crippen LogP contribution in [0.25, 0.3) is 0 Å². The van der Waals surface area contributed by atoms with Crippen LogP contribution < -0.4 is 0 Å². The number of furan rings is 1. The largest absolute Gasteiger partial charge is 0.464 e. The van der Waals surface area contributed by atoms with E-state index in [1.807, 2.05) is 0 Å². The summed E-state index contributed by atoms with van der Waals surface area (Å²) in [7, 11) is 0. The summed E-state index contributed by atoms with van der Waals surface area (Å²) in [6.07, 6.45) is -0.925. The van der Waals surface area contributed by atoms with E-state index in [4.69, 9.17) is 4.42 Å². The quantitative estimate of drug-likeness (QED) is 0.817. The van der Waals surface area contributed by atoms with Crippen molar-refractivity contribution < 1.29 is 18.3 Å². The predicted octanol–water partition coefficient (Wildman–Crippen LogP) is 2.67. The highest BCUT2D eigenvalue weighted by atomic mass is 19.3. The van der Waals surface area contributed by atoms with E-state index in [0.717, 1.165) is 0 Å². The molecule has 14 heavy (non-hydrogen) atoms. The maximum Gasteiger partial charge on any atom is 0.251 e. The van der Waals surface area contributed by atoms with Crippen molar-refractivity contribution in [3.05, 3.63) is 23.7 Å². The number of hydrogen-bond donors (Lipinski definition) is 1. The third-order valence-corrected chi connectivity index (χ3v) is 2.55. The number of rotatable bonds is 3. The van der Waals surface area contributed by atoms with Crippen LogP contribution >= 0.6 is 0 Å². The molecule has 0 bridgehead atoms. The lowest BCUT2D eigenvalue weighted by Gasteiger charge is -2.06. The molecule has 0 aliphatic heterocycles. The molecule has 78 valence electrons. The van der Waals surface area contributed by atoms with Gasteiger partial charge in [-0.25, -0.2) is 8.78 Å². The zero-order valence-corrected chi connectivity index (χ0v) is 7.84. The summed E-state index contributed by atoms with van der Waals surface area (Å²) in [6.45, 7) is 1.75. The lowest BCUT2D eigenvalue weighted by atomic mass is 10.1. The second-order valence-electron chi connectivity index (χ2n) is 3.86. The fourth-order valence-electron chi connectivity index (χ4n) is 1.54. The molecule has 1 N–H and O–H groups in total. The van der Waals surface area contributed by atoms with Crippen LogP contribution in [0.15, 0.2) is 16.5 Å². The SMILES string of the molecule is Cc1ccc(C(O)CC2CC2(F)F)o1. The molecule has 2 nitrogen and oxygen atoms in total. The zero-order chi connectivity index (χ0) is 10.3. The highest BCUT2D eigenvalue weighted by Gasteiger charge is 2.57. The number of hydrogen-bond acceptors (Lipinski definition) is 2. The van der Waals surface area contributed by atoms with Gasteiger partial charge in [-0.1, -0.05) is 0 Å². The Balaban J connectivity index is 1.94. The number of aliphatic hydroxyl groups is 1. The van der Waals surface area contributed by atoms with Gasteiger partial charge in [0.2, 0.25) is 0 Å². The Hall–Kier alpha value is -0.900. The van der Waals surface area contributed by atoms with Crippen LogP contribution in [0.2, 0.25) is 0 Å². The van der Waals surface area contributed by atoms with E-state index in [1.165, 1.54) is 0 Å². The van der Waals surface area contributed by atoms with Crippen LogP contribution in [-0.4, -0.2) is 11.0 Å². The first-order valence-corrected chi connectivity index (χ1v) is 4.61. The molecule has 0 aromatic carbocycles. The summed E-state index contributed by atoms with van der Waals surface area (Å²) in [6, 6.07) is 3.34. The molecule has 1 aliphatic rings. The van der Waals surface area contributed by atoms with Gasteiger partial charge in [-0.05, 0) is 25.5 Å². The van der Waals surface area contributed by atoms with Crippen molar-refractivity contribution in [3.63, 3.8) is 0 Å². The molecule has 2 atom stereocenters. The minimum absolute atomic E-state index is 0.0833. The number of alkyl halides is 2. The highest BCUT2D eigenvalue weighted by molar-refractivity contribution is 5.09. The molecule has 1 aliphatic carbocycles. The molecule has 0 spiro atoms. The van der Waals surface area contributed by atoms with Gasteiger partial charge in [-0.15, -0.1) is 0 Å². The molecule has 1 saturated carbocycles. The number of aliphatic hydroxyl groups excluding tert-OH is 1. The monoisotopic (exact) mass is 202 g/mol. The van der Waals surface area contributed by atoms with Gasteiger partial charge in [0.05, 0.1) is 0 Å². The maximum absolute atomic E-state index is 12.5. The molecular weight excluding hydrogens is 190 g/mol. The van der Waals surface area contributed by atoms with Crippen LogP contribution in [0.1, 0.15) is 30.5 Å². The normalized spacial score (nSPS) is 26.1. The summed E-state index contributed by atoms with van der Waals surface area (Å²) in [5.74, 6) is -2.18. The van der Waals surface area contributed by atoms with Crippen molar-refractivity contribution in [1.29, 1.82) is 0 Å². The van der Waals surface area contributed by atoms with Crippen LogP contribution in [0, 0.1) is 12.8 Å². The van der Waals surface area contributed by atoms with Gasteiger partial charge in [-0.3, -0.25) is 0 Å². The number of halogens is 2. The number of aryl methyl sites for hydroxylation is 1. The molecule has 1 fully saturated rings. The molecule has 1 aromatic heterocycles. The first kappa shape index (κ1) is 9.65. The van der Waals surface area contributed by atoms with Crippen molar-refractivity contribution in [1.82, 2.24) is 0 Å². The Morgan fingerprint density at radius 3 is 2.71 bits per heavy atom. The zero-order valence-electron chi connectivity index (χ0n) is 7.84. The third kappa shape index (κ3) is 1.80. The van der Waals surface area contributed by atoms with E-state index in [-0.39, 0.29) is 12.8 Å². The van der Waals surface area contributed by atoms with Crippen LogP contribution in [0.5, 0.6) is 0 Å². The van der Waals surface area contributed by atoms with E-state index in [1.54, 1.807) is 19.1 Å².